The number of benzene rings is 8. The Morgan fingerprint density at radius 1 is 0.402 bits per heavy atom. The van der Waals surface area contributed by atoms with E-state index in [-0.39, 0.29) is 44.6 Å². The Morgan fingerprint density at radius 2 is 0.866 bits per heavy atom. The van der Waals surface area contributed by atoms with Crippen LogP contribution in [0.3, 0.4) is 0 Å². The molecule has 9 aromatic rings. The zero-order valence-electron chi connectivity index (χ0n) is 52.5. The van der Waals surface area contributed by atoms with Crippen LogP contribution in [0.15, 0.2) is 150 Å². The van der Waals surface area contributed by atoms with Crippen molar-refractivity contribution in [3.63, 3.8) is 0 Å². The smallest absolute Gasteiger partial charge is 0.252 e. The highest BCUT2D eigenvalue weighted by Crippen LogP contribution is 2.55. The number of nitrogens with zero attached hydrogens (tertiary/aromatic N) is 3. The fourth-order valence-corrected chi connectivity index (χ4v) is 14.6. The Bertz CT molecular complexity index is 4010. The third-order valence-corrected chi connectivity index (χ3v) is 20.2. The Morgan fingerprint density at radius 3 is 1.41 bits per heavy atom. The maximum absolute atomic E-state index is 6.59. The molecule has 0 N–H and O–H groups in total. The van der Waals surface area contributed by atoms with E-state index in [2.05, 4.69) is 285 Å². The Labute approximate surface area is 491 Å². The van der Waals surface area contributed by atoms with Gasteiger partial charge in [-0.15, -0.1) is 0 Å². The van der Waals surface area contributed by atoms with Crippen molar-refractivity contribution in [3.8, 4) is 0 Å². The highest BCUT2D eigenvalue weighted by atomic mass is 16.3. The standard InChI is InChI=1S/C77H86BN3O/c1-47-39-57-59(76(15,16)37-35-74(57,11)12)45-63(47)81-65-46-60-58(75(13,14)36-38-77(60,17)18)44-62(65)78-61-33-31-54(79(51-27-23-48(24-28-51)71(2,3)4)52-29-25-49(26-30-52)72(5,6)7)43-64(61)80(66-40-50(73(8,9)10)41-67(81)70(66)78)53-32-34-69-56(42-53)55-21-19-20-22-68(55)82-69/h19-34,39-46H,35-38H2,1-18H3. The number of para-hydroxylation sites is 1. The molecule has 0 radical (unpaired) electrons. The van der Waals surface area contributed by atoms with Crippen LogP contribution in [0.25, 0.3) is 21.9 Å². The molecule has 0 unspecified atom stereocenters. The lowest BCUT2D eigenvalue weighted by atomic mass is 9.33. The van der Waals surface area contributed by atoms with Crippen molar-refractivity contribution >= 4 is 96.2 Å². The molecule has 5 heteroatoms. The minimum absolute atomic E-state index is 0.00298. The maximum Gasteiger partial charge on any atom is 0.252 e. The molecule has 0 bridgehead atoms. The molecule has 0 spiro atoms. The van der Waals surface area contributed by atoms with Crippen LogP contribution in [0.1, 0.15) is 188 Å². The number of hydrogen-bond donors (Lipinski definition) is 0. The summed E-state index contributed by atoms with van der Waals surface area (Å²) in [6, 6.07) is 57.2. The summed E-state index contributed by atoms with van der Waals surface area (Å²) in [6.07, 6.45) is 4.64. The third kappa shape index (κ3) is 8.59. The van der Waals surface area contributed by atoms with Gasteiger partial charge in [0.05, 0.1) is 0 Å². The molecule has 0 amide bonds. The summed E-state index contributed by atoms with van der Waals surface area (Å²) in [6.45, 7) is 43.2. The highest BCUT2D eigenvalue weighted by Gasteiger charge is 2.48. The predicted octanol–water partition coefficient (Wildman–Crippen LogP) is 20.0. The van der Waals surface area contributed by atoms with Crippen molar-refractivity contribution in [2.45, 2.75) is 188 Å². The van der Waals surface area contributed by atoms with Gasteiger partial charge in [0.2, 0.25) is 0 Å². The molecule has 1 aromatic heterocycles. The van der Waals surface area contributed by atoms with Crippen LogP contribution in [0.4, 0.5) is 51.2 Å². The van der Waals surface area contributed by atoms with Gasteiger partial charge in [0.15, 0.2) is 0 Å². The number of rotatable bonds is 5. The average molecular weight is 1080 g/mol. The van der Waals surface area contributed by atoms with Crippen molar-refractivity contribution in [3.05, 3.63) is 190 Å². The van der Waals surface area contributed by atoms with Crippen LogP contribution in [0.5, 0.6) is 0 Å². The number of anilines is 9. The van der Waals surface area contributed by atoms with Crippen molar-refractivity contribution in [2.24, 2.45) is 0 Å². The predicted molar refractivity (Wildman–Crippen MR) is 354 cm³/mol. The van der Waals surface area contributed by atoms with Crippen molar-refractivity contribution in [1.29, 1.82) is 0 Å². The normalized spacial score (nSPS) is 17.5. The van der Waals surface area contributed by atoms with Crippen LogP contribution < -0.4 is 31.1 Å². The summed E-state index contributed by atoms with van der Waals surface area (Å²) in [5.74, 6) is 0. The van der Waals surface area contributed by atoms with Gasteiger partial charge in [-0.2, -0.15) is 0 Å². The van der Waals surface area contributed by atoms with E-state index in [4.69, 9.17) is 4.42 Å². The molecule has 0 atom stereocenters. The second-order valence-electron chi connectivity index (χ2n) is 30.9. The molecule has 3 heterocycles. The van der Waals surface area contributed by atoms with E-state index in [9.17, 15) is 0 Å². The van der Waals surface area contributed by atoms with E-state index in [0.717, 1.165) is 64.0 Å². The summed E-state index contributed by atoms with van der Waals surface area (Å²) < 4.78 is 6.59. The van der Waals surface area contributed by atoms with Crippen LogP contribution in [0, 0.1) is 6.92 Å². The van der Waals surface area contributed by atoms with Crippen molar-refractivity contribution in [1.82, 2.24) is 0 Å². The largest absolute Gasteiger partial charge is 0.456 e. The van der Waals surface area contributed by atoms with E-state index in [0.29, 0.717) is 0 Å². The molecule has 0 fully saturated rings. The van der Waals surface area contributed by atoms with Gasteiger partial charge in [-0.1, -0.05) is 178 Å². The first-order valence-corrected chi connectivity index (χ1v) is 30.6. The monoisotopic (exact) mass is 1080 g/mol. The molecule has 0 saturated carbocycles. The summed E-state index contributed by atoms with van der Waals surface area (Å²) >= 11 is 0. The molecule has 0 saturated heterocycles. The first-order valence-electron chi connectivity index (χ1n) is 30.6. The SMILES string of the molecule is Cc1cc2c(cc1N1c3cc4c(cc3B3c5ccc(N(c6ccc(C(C)(C)C)cc6)c6ccc(C(C)(C)C)cc6)cc5N(c5ccc6oc7ccccc7c6c5)c5cc(C(C)(C)C)cc1c53)C(C)(C)CCC4(C)C)C(C)(C)CCC2(C)C. The summed E-state index contributed by atoms with van der Waals surface area (Å²) in [5, 5.41) is 2.24. The zero-order valence-corrected chi connectivity index (χ0v) is 52.5. The lowest BCUT2D eigenvalue weighted by Gasteiger charge is -2.48. The molecule has 2 aliphatic heterocycles. The minimum Gasteiger partial charge on any atom is -0.456 e. The summed E-state index contributed by atoms with van der Waals surface area (Å²) in [4.78, 5) is 7.86. The van der Waals surface area contributed by atoms with E-state index in [1.165, 1.54) is 95.8 Å². The van der Waals surface area contributed by atoms with E-state index >= 15 is 0 Å². The highest BCUT2D eigenvalue weighted by molar-refractivity contribution is 7.00. The number of fused-ring (bicyclic) bond motifs is 9. The van der Waals surface area contributed by atoms with Gasteiger partial charge < -0.3 is 19.1 Å². The Kier molecular flexibility index (Phi) is 11.9. The molecule has 418 valence electrons. The molecule has 2 aliphatic carbocycles. The zero-order chi connectivity index (χ0) is 58.2. The third-order valence-electron chi connectivity index (χ3n) is 20.2. The van der Waals surface area contributed by atoms with E-state index in [1.54, 1.807) is 0 Å². The van der Waals surface area contributed by atoms with Crippen molar-refractivity contribution in [2.75, 3.05) is 14.7 Å². The van der Waals surface area contributed by atoms with Gasteiger partial charge in [0, 0.05) is 62.0 Å². The van der Waals surface area contributed by atoms with Gasteiger partial charge in [-0.25, -0.2) is 0 Å². The van der Waals surface area contributed by atoms with Crippen molar-refractivity contribution < 1.29 is 4.42 Å². The van der Waals surface area contributed by atoms with E-state index < -0.39 is 0 Å². The number of hydrogen-bond acceptors (Lipinski definition) is 4. The number of aryl methyl sites for hydroxylation is 1. The fourth-order valence-electron chi connectivity index (χ4n) is 14.6. The van der Waals surface area contributed by atoms with Crippen LogP contribution in [-0.2, 0) is 37.9 Å². The Balaban J connectivity index is 1.15. The second kappa shape index (κ2) is 18.0. The molecular weight excluding hydrogens is 994 g/mol. The molecule has 13 rings (SSSR count). The summed E-state index contributed by atoms with van der Waals surface area (Å²) in [7, 11) is 0. The average Bonchev–Trinajstić information content (AvgIpc) is 0.924. The van der Waals surface area contributed by atoms with Gasteiger partial charge in [-0.3, -0.25) is 0 Å². The van der Waals surface area contributed by atoms with E-state index in [1.807, 2.05) is 0 Å². The summed E-state index contributed by atoms with van der Waals surface area (Å²) in [5.41, 5.74) is 27.8. The molecular formula is C77H86BN3O. The maximum atomic E-state index is 6.59. The van der Waals surface area contributed by atoms with Crippen LogP contribution in [0.2, 0.25) is 0 Å². The number of furan rings is 1. The molecule has 82 heavy (non-hydrogen) atoms. The first kappa shape index (κ1) is 54.3. The lowest BCUT2D eigenvalue weighted by molar-refractivity contribution is 0.331. The Hall–Kier alpha value is -6.98. The molecule has 4 nitrogen and oxygen atoms in total. The van der Waals surface area contributed by atoms with Crippen LogP contribution in [-0.4, -0.2) is 6.71 Å². The lowest BCUT2D eigenvalue weighted by Crippen LogP contribution is -2.62. The van der Waals surface area contributed by atoms with Gasteiger partial charge in [0.25, 0.3) is 6.71 Å². The molecule has 8 aromatic carbocycles. The van der Waals surface area contributed by atoms with Gasteiger partial charge >= 0.3 is 0 Å². The first-order chi connectivity index (χ1) is 38.4. The molecule has 4 aliphatic rings. The quantitative estimate of drug-likeness (QED) is 0.160. The second-order valence-corrected chi connectivity index (χ2v) is 30.9. The van der Waals surface area contributed by atoms with Gasteiger partial charge in [0.1, 0.15) is 11.2 Å². The fraction of sp³-hybridized carbons (Fsp3) is 0.377. The van der Waals surface area contributed by atoms with Crippen LogP contribution >= 0.6 is 0 Å². The minimum atomic E-state index is -0.181. The topological polar surface area (TPSA) is 22.9 Å². The van der Waals surface area contributed by atoms with Gasteiger partial charge in [-0.05, 0) is 216 Å².